The van der Waals surface area contributed by atoms with Gasteiger partial charge in [-0.3, -0.25) is 9.69 Å². The number of carbonyl (C=O) groups is 2. The van der Waals surface area contributed by atoms with Gasteiger partial charge in [0.25, 0.3) is 5.24 Å². The first-order valence-electron chi connectivity index (χ1n) is 10.6. The van der Waals surface area contributed by atoms with Crippen LogP contribution in [0.1, 0.15) is 37.4 Å². The Morgan fingerprint density at radius 1 is 1.12 bits per heavy atom. The molecule has 1 heterocycles. The lowest BCUT2D eigenvalue weighted by Crippen LogP contribution is -2.47. The Labute approximate surface area is 193 Å². The van der Waals surface area contributed by atoms with Crippen molar-refractivity contribution in [1.29, 1.82) is 0 Å². The Hall–Kier alpha value is -2.87. The average molecular weight is 459 g/mol. The minimum atomic E-state index is -0.419. The van der Waals surface area contributed by atoms with E-state index in [-0.39, 0.29) is 23.9 Å². The molecule has 0 saturated heterocycles. The molecule has 0 radical (unpaired) electrons. The molecule has 0 aliphatic carbocycles. The van der Waals surface area contributed by atoms with Crippen molar-refractivity contribution >= 4 is 28.8 Å². The molecule has 0 N–H and O–H groups in total. The predicted octanol–water partition coefficient (Wildman–Crippen LogP) is 5.49. The van der Waals surface area contributed by atoms with Crippen LogP contribution < -0.4 is 14.4 Å². The number of ether oxygens (including phenoxy) is 3. The predicted molar refractivity (Wildman–Crippen MR) is 127 cm³/mol. The van der Waals surface area contributed by atoms with Gasteiger partial charge in [-0.2, -0.15) is 0 Å². The summed E-state index contributed by atoms with van der Waals surface area (Å²) in [5.41, 5.74) is 2.53. The third-order valence-corrected chi connectivity index (χ3v) is 6.19. The zero-order valence-electron chi connectivity index (χ0n) is 19.2. The van der Waals surface area contributed by atoms with Crippen LogP contribution in [0.3, 0.4) is 0 Å². The van der Waals surface area contributed by atoms with Crippen molar-refractivity contribution in [2.24, 2.45) is 0 Å². The number of hydrogen-bond acceptors (Lipinski definition) is 6. The lowest BCUT2D eigenvalue weighted by atomic mass is 9.90. The maximum Gasteiger partial charge on any atom is 0.414 e. The summed E-state index contributed by atoms with van der Waals surface area (Å²) in [4.78, 5) is 29.4. The van der Waals surface area contributed by atoms with Gasteiger partial charge in [0, 0.05) is 24.2 Å². The summed E-state index contributed by atoms with van der Waals surface area (Å²) in [6, 6.07) is 13.1. The van der Waals surface area contributed by atoms with E-state index in [0.29, 0.717) is 30.2 Å². The van der Waals surface area contributed by atoms with Crippen molar-refractivity contribution in [2.45, 2.75) is 38.9 Å². The van der Waals surface area contributed by atoms with E-state index >= 15 is 0 Å². The highest BCUT2D eigenvalue weighted by Gasteiger charge is 2.39. The summed E-state index contributed by atoms with van der Waals surface area (Å²) in [6.45, 7) is 4.49. The molecule has 2 aromatic rings. The first-order valence-corrected chi connectivity index (χ1v) is 11.8. The third kappa shape index (κ3) is 4.80. The van der Waals surface area contributed by atoms with E-state index < -0.39 is 6.09 Å². The van der Waals surface area contributed by atoms with E-state index in [1.165, 1.54) is 11.8 Å². The van der Waals surface area contributed by atoms with Gasteiger partial charge in [0.1, 0.15) is 0 Å². The van der Waals surface area contributed by atoms with Crippen LogP contribution in [0.25, 0.3) is 0 Å². The van der Waals surface area contributed by atoms with Gasteiger partial charge in [-0.25, -0.2) is 4.79 Å². The van der Waals surface area contributed by atoms with Crippen LogP contribution in [0, 0.1) is 0 Å². The molecule has 1 aliphatic heterocycles. The highest BCUT2D eigenvalue weighted by Crippen LogP contribution is 2.46. The zero-order chi connectivity index (χ0) is 23.3. The van der Waals surface area contributed by atoms with Crippen molar-refractivity contribution in [2.75, 3.05) is 32.0 Å². The number of carbonyl (C=O) groups excluding carboxylic acids is 2. The third-order valence-electron chi connectivity index (χ3n) is 5.60. The molecule has 0 fully saturated rings. The summed E-state index contributed by atoms with van der Waals surface area (Å²) in [7, 11) is 3.13. The normalized spacial score (nSPS) is 17.3. The van der Waals surface area contributed by atoms with Crippen LogP contribution in [0.15, 0.2) is 42.5 Å². The lowest BCUT2D eigenvalue weighted by Gasteiger charge is -2.43. The topological polar surface area (TPSA) is 68.3 Å². The number of hydrogen-bond donors (Lipinski definition) is 0. The van der Waals surface area contributed by atoms with E-state index in [4.69, 9.17) is 14.2 Å². The smallest absolute Gasteiger partial charge is 0.414 e. The molecule has 7 nitrogen and oxygen atoms in total. The lowest BCUT2D eigenvalue weighted by molar-refractivity contribution is 0.151. The molecule has 2 unspecified atom stereocenters. The second-order valence-electron chi connectivity index (χ2n) is 7.52. The monoisotopic (exact) mass is 458 g/mol. The first kappa shape index (κ1) is 23.8. The van der Waals surface area contributed by atoms with E-state index in [1.54, 1.807) is 38.4 Å². The molecule has 0 bridgehead atoms. The molecular formula is C24H30N2O5S. The minimum absolute atomic E-state index is 0.0311. The molecule has 0 aromatic heterocycles. The van der Waals surface area contributed by atoms with Crippen molar-refractivity contribution in [3.63, 3.8) is 0 Å². The van der Waals surface area contributed by atoms with Crippen LogP contribution in [-0.4, -0.2) is 49.4 Å². The number of anilines is 1. The molecular weight excluding hydrogens is 428 g/mol. The van der Waals surface area contributed by atoms with Crippen LogP contribution in [-0.2, 0) is 11.3 Å². The number of fused-ring (bicyclic) bond motifs is 1. The van der Waals surface area contributed by atoms with Crippen molar-refractivity contribution < 1.29 is 23.8 Å². The largest absolute Gasteiger partial charge is 0.493 e. The Bertz CT molecular complexity index is 953. The standard InChI is InChI=1S/C24H30N2O5S/c1-6-31-23(27)26-16(2)12-19(18-13-21(29-3)22(30-4)14-20(18)26)25(24(28)32-5)15-17-10-8-7-9-11-17/h7-11,13-14,16,19H,6,12,15H2,1-5H3. The fraction of sp³-hybridized carbons (Fsp3) is 0.417. The number of methoxy groups -OCH3 is 2. The molecule has 2 aromatic carbocycles. The van der Waals surface area contributed by atoms with E-state index in [1.807, 2.05) is 48.2 Å². The molecule has 2 atom stereocenters. The first-order chi connectivity index (χ1) is 15.4. The summed E-state index contributed by atoms with van der Waals surface area (Å²) in [6.07, 6.45) is 1.94. The van der Waals surface area contributed by atoms with Gasteiger partial charge in [-0.1, -0.05) is 42.1 Å². The highest BCUT2D eigenvalue weighted by molar-refractivity contribution is 8.12. The Morgan fingerprint density at radius 2 is 1.78 bits per heavy atom. The molecule has 8 heteroatoms. The van der Waals surface area contributed by atoms with Crippen LogP contribution in [0.4, 0.5) is 15.3 Å². The second kappa shape index (κ2) is 10.6. The Kier molecular flexibility index (Phi) is 7.90. The van der Waals surface area contributed by atoms with Crippen molar-refractivity contribution in [3.05, 3.63) is 53.6 Å². The summed E-state index contributed by atoms with van der Waals surface area (Å²) in [5, 5.41) is -0.0311. The van der Waals surface area contributed by atoms with Crippen LogP contribution in [0.5, 0.6) is 11.5 Å². The summed E-state index contributed by atoms with van der Waals surface area (Å²) >= 11 is 1.18. The van der Waals surface area contributed by atoms with Crippen molar-refractivity contribution in [1.82, 2.24) is 4.90 Å². The van der Waals surface area contributed by atoms with Gasteiger partial charge in [0.05, 0.1) is 32.6 Å². The summed E-state index contributed by atoms with van der Waals surface area (Å²) in [5.74, 6) is 1.06. The van der Waals surface area contributed by atoms with E-state index in [0.717, 1.165) is 11.1 Å². The fourth-order valence-corrected chi connectivity index (χ4v) is 4.54. The van der Waals surface area contributed by atoms with Gasteiger partial charge in [0.2, 0.25) is 0 Å². The van der Waals surface area contributed by atoms with Gasteiger partial charge in [0.15, 0.2) is 11.5 Å². The minimum Gasteiger partial charge on any atom is -0.493 e. The Morgan fingerprint density at radius 3 is 2.38 bits per heavy atom. The van der Waals surface area contributed by atoms with Crippen LogP contribution >= 0.6 is 11.8 Å². The molecule has 1 aliphatic rings. The quantitative estimate of drug-likeness (QED) is 0.571. The number of thioether (sulfide) groups is 1. The van der Waals surface area contributed by atoms with Crippen molar-refractivity contribution in [3.8, 4) is 11.5 Å². The maximum absolute atomic E-state index is 13.1. The van der Waals surface area contributed by atoms with Gasteiger partial charge >= 0.3 is 6.09 Å². The number of amides is 2. The van der Waals surface area contributed by atoms with Gasteiger partial charge < -0.3 is 19.1 Å². The highest BCUT2D eigenvalue weighted by atomic mass is 32.2. The zero-order valence-corrected chi connectivity index (χ0v) is 20.0. The van der Waals surface area contributed by atoms with E-state index in [2.05, 4.69) is 0 Å². The van der Waals surface area contributed by atoms with Gasteiger partial charge in [-0.15, -0.1) is 0 Å². The molecule has 0 saturated carbocycles. The van der Waals surface area contributed by atoms with E-state index in [9.17, 15) is 9.59 Å². The second-order valence-corrected chi connectivity index (χ2v) is 8.28. The Balaban J connectivity index is 2.14. The molecule has 2 amide bonds. The number of rotatable bonds is 6. The average Bonchev–Trinajstić information content (AvgIpc) is 2.81. The molecule has 32 heavy (non-hydrogen) atoms. The molecule has 3 rings (SSSR count). The maximum atomic E-state index is 13.1. The molecule has 0 spiro atoms. The summed E-state index contributed by atoms with van der Waals surface area (Å²) < 4.78 is 16.4. The fourth-order valence-electron chi connectivity index (χ4n) is 4.12. The van der Waals surface area contributed by atoms with Crippen LogP contribution in [0.2, 0.25) is 0 Å². The SMILES string of the molecule is CCOC(=O)N1c2cc(OC)c(OC)cc2C(N(Cc2ccccc2)C(=O)SC)CC1C. The molecule has 172 valence electrons. The van der Waals surface area contributed by atoms with Gasteiger partial charge in [-0.05, 0) is 38.2 Å². The number of benzene rings is 2. The number of nitrogens with zero attached hydrogens (tertiary/aromatic N) is 2.